The maximum atomic E-state index is 12.5. The van der Waals surface area contributed by atoms with Gasteiger partial charge in [-0.15, -0.1) is 0 Å². The third-order valence-electron chi connectivity index (χ3n) is 3.38. The minimum atomic E-state index is -4.67. The van der Waals surface area contributed by atoms with Gasteiger partial charge in [0.1, 0.15) is 0 Å². The summed E-state index contributed by atoms with van der Waals surface area (Å²) >= 11 is 5.90. The topological polar surface area (TPSA) is 63.2 Å². The summed E-state index contributed by atoms with van der Waals surface area (Å²) < 4.78 is 47.6. The van der Waals surface area contributed by atoms with Crippen molar-refractivity contribution < 1.29 is 22.0 Å². The molecule has 0 heterocycles. The fourth-order valence-corrected chi connectivity index (χ4v) is 2.96. The normalized spacial score (nSPS) is 12.9. The van der Waals surface area contributed by atoms with E-state index in [1.54, 1.807) is 31.2 Å². The molecule has 0 aromatic heterocycles. The van der Waals surface area contributed by atoms with Crippen LogP contribution < -0.4 is 5.32 Å². The summed E-state index contributed by atoms with van der Waals surface area (Å²) in [5, 5.41) is 3.26. The van der Waals surface area contributed by atoms with Gasteiger partial charge in [0.15, 0.2) is 0 Å². The highest BCUT2D eigenvalue weighted by molar-refractivity contribution is 7.91. The second-order valence-corrected chi connectivity index (χ2v) is 7.43. The molecule has 2 rings (SSSR count). The summed E-state index contributed by atoms with van der Waals surface area (Å²) in [6.07, 6.45) is 0. The molecule has 0 saturated heterocycles. The van der Waals surface area contributed by atoms with Gasteiger partial charge in [0.2, 0.25) is 9.84 Å². The number of nitrogens with one attached hydrogen (secondary N) is 1. The Labute approximate surface area is 143 Å². The van der Waals surface area contributed by atoms with E-state index in [-0.39, 0.29) is 11.6 Å². The fourth-order valence-electron chi connectivity index (χ4n) is 2.04. The van der Waals surface area contributed by atoms with E-state index in [4.69, 9.17) is 11.6 Å². The van der Waals surface area contributed by atoms with Crippen molar-refractivity contribution in [3.63, 3.8) is 0 Å². The molecule has 0 unspecified atom stereocenters. The second-order valence-electron chi connectivity index (χ2n) is 5.08. The summed E-state index contributed by atoms with van der Waals surface area (Å²) in [6, 6.07) is 11.0. The number of sulfone groups is 1. The molecule has 24 heavy (non-hydrogen) atoms. The SMILES string of the molecule is C[C@@H](NC(=O)c1ccc(S(=O)(=O)C(F)F)cc1)c1cccc(Cl)c1. The van der Waals surface area contributed by atoms with E-state index in [2.05, 4.69) is 5.32 Å². The van der Waals surface area contributed by atoms with E-state index in [9.17, 15) is 22.0 Å². The quantitative estimate of drug-likeness (QED) is 0.866. The highest BCUT2D eigenvalue weighted by atomic mass is 35.5. The van der Waals surface area contributed by atoms with Crippen LogP contribution in [0.5, 0.6) is 0 Å². The molecule has 2 aromatic carbocycles. The number of halogens is 3. The van der Waals surface area contributed by atoms with Gasteiger partial charge in [-0.3, -0.25) is 4.79 Å². The molecule has 0 radical (unpaired) electrons. The van der Waals surface area contributed by atoms with Crippen molar-refractivity contribution >= 4 is 27.3 Å². The lowest BCUT2D eigenvalue weighted by Gasteiger charge is -2.15. The number of alkyl halides is 2. The van der Waals surface area contributed by atoms with Crippen LogP contribution in [-0.4, -0.2) is 20.1 Å². The second kappa shape index (κ2) is 7.27. The molecule has 128 valence electrons. The van der Waals surface area contributed by atoms with Gasteiger partial charge < -0.3 is 5.32 Å². The molecule has 1 amide bonds. The van der Waals surface area contributed by atoms with Gasteiger partial charge in [0.05, 0.1) is 10.9 Å². The van der Waals surface area contributed by atoms with Crippen LogP contribution >= 0.6 is 11.6 Å². The van der Waals surface area contributed by atoms with Crippen molar-refractivity contribution in [1.29, 1.82) is 0 Å². The predicted molar refractivity (Wildman–Crippen MR) is 87.0 cm³/mol. The van der Waals surface area contributed by atoms with Crippen LogP contribution in [0.25, 0.3) is 0 Å². The Morgan fingerprint density at radius 1 is 1.12 bits per heavy atom. The average Bonchev–Trinajstić information content (AvgIpc) is 2.54. The van der Waals surface area contributed by atoms with Crippen LogP contribution in [0.15, 0.2) is 53.4 Å². The maximum absolute atomic E-state index is 12.5. The molecule has 2 aromatic rings. The van der Waals surface area contributed by atoms with Crippen LogP contribution in [-0.2, 0) is 9.84 Å². The first kappa shape index (κ1) is 18.4. The molecule has 1 atom stereocenters. The van der Waals surface area contributed by atoms with Crippen molar-refractivity contribution in [2.75, 3.05) is 0 Å². The molecule has 8 heteroatoms. The monoisotopic (exact) mass is 373 g/mol. The number of carbonyl (C=O) groups is 1. The Morgan fingerprint density at radius 3 is 2.29 bits per heavy atom. The van der Waals surface area contributed by atoms with Crippen molar-refractivity contribution in [3.8, 4) is 0 Å². The summed E-state index contributed by atoms with van der Waals surface area (Å²) in [5.41, 5.74) is 0.963. The predicted octanol–water partition coefficient (Wildman–Crippen LogP) is 3.83. The van der Waals surface area contributed by atoms with Gasteiger partial charge in [-0.05, 0) is 48.9 Å². The lowest BCUT2D eigenvalue weighted by Crippen LogP contribution is -2.26. The fraction of sp³-hybridized carbons (Fsp3) is 0.188. The Hall–Kier alpha value is -1.99. The number of hydrogen-bond acceptors (Lipinski definition) is 3. The summed E-state index contributed by atoms with van der Waals surface area (Å²) in [7, 11) is -4.67. The van der Waals surface area contributed by atoms with Crippen LogP contribution in [0, 0.1) is 0 Å². The molecule has 0 bridgehead atoms. The molecule has 0 fully saturated rings. The minimum absolute atomic E-state index is 0.164. The van der Waals surface area contributed by atoms with Crippen molar-refractivity contribution in [2.24, 2.45) is 0 Å². The van der Waals surface area contributed by atoms with E-state index in [1.165, 1.54) is 12.1 Å². The first-order chi connectivity index (χ1) is 11.2. The molecule has 0 spiro atoms. The van der Waals surface area contributed by atoms with Crippen molar-refractivity contribution in [1.82, 2.24) is 5.32 Å². The van der Waals surface area contributed by atoms with Crippen LogP contribution in [0.2, 0.25) is 5.02 Å². The third kappa shape index (κ3) is 4.10. The number of hydrogen-bond donors (Lipinski definition) is 1. The standard InChI is InChI=1S/C16H14ClF2NO3S/c1-10(12-3-2-4-13(17)9-12)20-15(21)11-5-7-14(8-6-11)24(22,23)16(18)19/h2-10,16H,1H3,(H,20,21)/t10-/m1/s1. The van der Waals surface area contributed by atoms with Gasteiger partial charge in [0, 0.05) is 10.6 Å². The van der Waals surface area contributed by atoms with Crippen LogP contribution in [0.1, 0.15) is 28.9 Å². The number of amides is 1. The highest BCUT2D eigenvalue weighted by Gasteiger charge is 2.26. The first-order valence-corrected chi connectivity index (χ1v) is 8.82. The Bertz CT molecular complexity index is 839. The van der Waals surface area contributed by atoms with Gasteiger partial charge >= 0.3 is 5.76 Å². The number of rotatable bonds is 5. The van der Waals surface area contributed by atoms with E-state index in [1.807, 2.05) is 0 Å². The Balaban J connectivity index is 2.13. The zero-order valence-corrected chi connectivity index (χ0v) is 14.1. The molecule has 1 N–H and O–H groups in total. The zero-order chi connectivity index (χ0) is 17.9. The van der Waals surface area contributed by atoms with Crippen LogP contribution in [0.4, 0.5) is 8.78 Å². The number of benzene rings is 2. The average molecular weight is 374 g/mol. The summed E-state index contributed by atoms with van der Waals surface area (Å²) in [6.45, 7) is 1.76. The van der Waals surface area contributed by atoms with Crippen molar-refractivity contribution in [2.45, 2.75) is 23.6 Å². The molecule has 0 aliphatic heterocycles. The lowest BCUT2D eigenvalue weighted by atomic mass is 10.1. The number of carbonyl (C=O) groups excluding carboxylic acids is 1. The van der Waals surface area contributed by atoms with Gasteiger partial charge in [-0.25, -0.2) is 8.42 Å². The van der Waals surface area contributed by atoms with Crippen molar-refractivity contribution in [3.05, 3.63) is 64.7 Å². The molecule has 4 nitrogen and oxygen atoms in total. The first-order valence-electron chi connectivity index (χ1n) is 6.90. The molecule has 0 aliphatic rings. The third-order valence-corrected chi connectivity index (χ3v) is 5.01. The van der Waals surface area contributed by atoms with E-state index in [0.717, 1.165) is 17.7 Å². The van der Waals surface area contributed by atoms with Gasteiger partial charge in [-0.1, -0.05) is 23.7 Å². The molecular formula is C16H14ClF2NO3S. The Morgan fingerprint density at radius 2 is 1.75 bits per heavy atom. The van der Waals surface area contributed by atoms with Crippen LogP contribution in [0.3, 0.4) is 0 Å². The smallest absolute Gasteiger partial charge is 0.341 e. The maximum Gasteiger partial charge on any atom is 0.341 e. The minimum Gasteiger partial charge on any atom is -0.346 e. The summed E-state index contributed by atoms with van der Waals surface area (Å²) in [4.78, 5) is 11.6. The molecule has 0 saturated carbocycles. The molecule has 0 aliphatic carbocycles. The van der Waals surface area contributed by atoms with Gasteiger partial charge in [0.25, 0.3) is 5.91 Å². The summed E-state index contributed by atoms with van der Waals surface area (Å²) in [5.74, 6) is -3.96. The highest BCUT2D eigenvalue weighted by Crippen LogP contribution is 2.20. The largest absolute Gasteiger partial charge is 0.346 e. The van der Waals surface area contributed by atoms with Gasteiger partial charge in [-0.2, -0.15) is 8.78 Å². The van der Waals surface area contributed by atoms with E-state index < -0.39 is 26.4 Å². The molecular weight excluding hydrogens is 360 g/mol. The Kier molecular flexibility index (Phi) is 5.56. The zero-order valence-electron chi connectivity index (χ0n) is 12.5. The van der Waals surface area contributed by atoms with E-state index >= 15 is 0 Å². The lowest BCUT2D eigenvalue weighted by molar-refractivity contribution is 0.0940. The van der Waals surface area contributed by atoms with E-state index in [0.29, 0.717) is 5.02 Å².